The van der Waals surface area contributed by atoms with E-state index in [2.05, 4.69) is 4.98 Å². The van der Waals surface area contributed by atoms with Crippen LogP contribution in [0.15, 0.2) is 6.07 Å². The molecule has 0 atom stereocenters. The van der Waals surface area contributed by atoms with E-state index in [-0.39, 0.29) is 20.0 Å². The molecule has 13 heavy (non-hydrogen) atoms. The van der Waals surface area contributed by atoms with Crippen molar-refractivity contribution in [3.63, 3.8) is 0 Å². The van der Waals surface area contributed by atoms with Crippen molar-refractivity contribution < 1.29 is 8.78 Å². The first-order valence-electron chi connectivity index (χ1n) is 3.10. The van der Waals surface area contributed by atoms with Crippen LogP contribution in [0.4, 0.5) is 8.78 Å². The summed E-state index contributed by atoms with van der Waals surface area (Å²) in [6.07, 6.45) is -2.67. The number of pyridine rings is 1. The Morgan fingerprint density at radius 2 is 2.23 bits per heavy atom. The minimum absolute atomic E-state index is 0.0406. The molecule has 0 aromatic carbocycles. The molecule has 0 spiro atoms. The first-order chi connectivity index (χ1) is 6.06. The lowest BCUT2D eigenvalue weighted by atomic mass is 10.2. The minimum atomic E-state index is -2.67. The smallest absolute Gasteiger partial charge is 0.225 e. The van der Waals surface area contributed by atoms with E-state index in [9.17, 15) is 8.78 Å². The molecule has 68 valence electrons. The molecule has 1 rings (SSSR count). The van der Waals surface area contributed by atoms with Gasteiger partial charge in [-0.2, -0.15) is 5.26 Å². The normalized spacial score (nSPS) is 10.2. The van der Waals surface area contributed by atoms with Gasteiger partial charge in [-0.05, 0) is 28.7 Å². The summed E-state index contributed by atoms with van der Waals surface area (Å²) in [6, 6.07) is 3.00. The zero-order chi connectivity index (χ0) is 10.0. The summed E-state index contributed by atoms with van der Waals surface area (Å²) < 4.78 is 24.9. The van der Waals surface area contributed by atoms with Crippen LogP contribution in [0.1, 0.15) is 17.7 Å². The third-order valence-corrected chi connectivity index (χ3v) is 2.47. The Balaban J connectivity index is 3.33. The topological polar surface area (TPSA) is 36.7 Å². The Labute approximate surface area is 91.7 Å². The van der Waals surface area contributed by atoms with Crippen molar-refractivity contribution in [1.29, 1.82) is 5.26 Å². The third-order valence-electron chi connectivity index (χ3n) is 1.29. The molecule has 2 nitrogen and oxygen atoms in total. The fourth-order valence-corrected chi connectivity index (χ4v) is 1.97. The van der Waals surface area contributed by atoms with Crippen LogP contribution in [0.2, 0.25) is 5.15 Å². The van der Waals surface area contributed by atoms with E-state index in [1.165, 1.54) is 6.07 Å². The summed E-state index contributed by atoms with van der Waals surface area (Å²) in [4.78, 5) is 3.49. The first kappa shape index (κ1) is 10.6. The average molecular weight is 314 g/mol. The molecule has 0 N–H and O–H groups in total. The van der Waals surface area contributed by atoms with E-state index < -0.39 is 6.43 Å². The van der Waals surface area contributed by atoms with Crippen LogP contribution >= 0.6 is 34.2 Å². The molecule has 0 fully saturated rings. The van der Waals surface area contributed by atoms with Gasteiger partial charge in [-0.3, -0.25) is 0 Å². The number of alkyl halides is 2. The lowest BCUT2D eigenvalue weighted by molar-refractivity contribution is 0.150. The van der Waals surface area contributed by atoms with Crippen molar-refractivity contribution in [2.24, 2.45) is 0 Å². The average Bonchev–Trinajstić information content (AvgIpc) is 2.02. The molecule has 1 aromatic rings. The molecule has 0 aliphatic carbocycles. The van der Waals surface area contributed by atoms with Crippen molar-refractivity contribution in [3.8, 4) is 6.07 Å². The van der Waals surface area contributed by atoms with Gasteiger partial charge in [-0.15, -0.1) is 0 Å². The van der Waals surface area contributed by atoms with Gasteiger partial charge in [-0.25, -0.2) is 13.8 Å². The second-order valence-electron chi connectivity index (χ2n) is 2.11. The van der Waals surface area contributed by atoms with Gasteiger partial charge in [-0.1, -0.05) is 11.6 Å². The monoisotopic (exact) mass is 314 g/mol. The Bertz CT molecular complexity index is 352. The Morgan fingerprint density at radius 3 is 2.62 bits per heavy atom. The van der Waals surface area contributed by atoms with Crippen LogP contribution < -0.4 is 0 Å². The van der Waals surface area contributed by atoms with Gasteiger partial charge in [0.2, 0.25) is 0 Å². The molecule has 0 radical (unpaired) electrons. The number of halogens is 4. The highest BCUT2D eigenvalue weighted by atomic mass is 127. The van der Waals surface area contributed by atoms with Crippen molar-refractivity contribution in [2.45, 2.75) is 6.43 Å². The van der Waals surface area contributed by atoms with Crippen molar-refractivity contribution >= 4 is 34.2 Å². The van der Waals surface area contributed by atoms with Gasteiger partial charge < -0.3 is 0 Å². The second-order valence-corrected chi connectivity index (χ2v) is 3.63. The number of nitrogens with zero attached hydrogens (tertiary/aromatic N) is 2. The van der Waals surface area contributed by atoms with Crippen molar-refractivity contribution in [2.75, 3.05) is 0 Å². The standard InChI is InChI=1S/C7H2ClF2IN2/c8-6-5(7(9)10)4(11)1-3(2-12)13-6/h1,7H. The molecule has 0 aliphatic heterocycles. The zero-order valence-corrected chi connectivity index (χ0v) is 8.97. The largest absolute Gasteiger partial charge is 0.267 e. The predicted molar refractivity (Wildman–Crippen MR) is 51.6 cm³/mol. The molecule has 0 saturated carbocycles. The number of aromatic nitrogens is 1. The van der Waals surface area contributed by atoms with E-state index in [4.69, 9.17) is 16.9 Å². The summed E-state index contributed by atoms with van der Waals surface area (Å²) in [7, 11) is 0. The first-order valence-corrected chi connectivity index (χ1v) is 4.56. The van der Waals surface area contributed by atoms with Crippen LogP contribution in [-0.4, -0.2) is 4.98 Å². The molecule has 0 bridgehead atoms. The van der Waals surface area contributed by atoms with Crippen molar-refractivity contribution in [1.82, 2.24) is 4.98 Å². The molecular formula is C7H2ClF2IN2. The van der Waals surface area contributed by atoms with E-state index >= 15 is 0 Å². The Hall–Kier alpha value is -0.480. The summed E-state index contributed by atoms with van der Waals surface area (Å²) in [6.45, 7) is 0. The van der Waals surface area contributed by atoms with Crippen LogP contribution in [-0.2, 0) is 0 Å². The summed E-state index contributed by atoms with van der Waals surface area (Å²) in [5.74, 6) is 0. The maximum absolute atomic E-state index is 12.3. The van der Waals surface area contributed by atoms with Gasteiger partial charge >= 0.3 is 0 Å². The van der Waals surface area contributed by atoms with Gasteiger partial charge in [0.1, 0.15) is 16.9 Å². The van der Waals surface area contributed by atoms with Crippen LogP contribution in [0.3, 0.4) is 0 Å². The van der Waals surface area contributed by atoms with E-state index in [1.54, 1.807) is 28.7 Å². The van der Waals surface area contributed by atoms with Crippen LogP contribution in [0, 0.1) is 14.9 Å². The lowest BCUT2D eigenvalue weighted by Gasteiger charge is -2.04. The third kappa shape index (κ3) is 2.25. The highest BCUT2D eigenvalue weighted by molar-refractivity contribution is 14.1. The minimum Gasteiger partial charge on any atom is -0.225 e. The predicted octanol–water partition coefficient (Wildman–Crippen LogP) is 3.15. The van der Waals surface area contributed by atoms with E-state index in [1.807, 2.05) is 0 Å². The molecule has 0 aliphatic rings. The van der Waals surface area contributed by atoms with Crippen LogP contribution in [0.25, 0.3) is 0 Å². The SMILES string of the molecule is N#Cc1cc(I)c(C(F)F)c(Cl)n1. The van der Waals surface area contributed by atoms with Gasteiger partial charge in [0.15, 0.2) is 0 Å². The molecule has 1 aromatic heterocycles. The molecule has 0 saturated heterocycles. The van der Waals surface area contributed by atoms with Crippen LogP contribution in [0.5, 0.6) is 0 Å². The number of nitriles is 1. The Morgan fingerprint density at radius 1 is 1.62 bits per heavy atom. The fourth-order valence-electron chi connectivity index (χ4n) is 0.746. The van der Waals surface area contributed by atoms with Gasteiger partial charge in [0.25, 0.3) is 6.43 Å². The molecular weight excluding hydrogens is 312 g/mol. The second kappa shape index (κ2) is 4.15. The van der Waals surface area contributed by atoms with Crippen molar-refractivity contribution in [3.05, 3.63) is 26.0 Å². The highest BCUT2D eigenvalue weighted by Crippen LogP contribution is 2.30. The zero-order valence-electron chi connectivity index (χ0n) is 6.06. The maximum atomic E-state index is 12.3. The molecule has 1 heterocycles. The Kier molecular flexibility index (Phi) is 3.39. The molecule has 0 unspecified atom stereocenters. The summed E-state index contributed by atoms with van der Waals surface area (Å²) in [5, 5.41) is 8.15. The number of hydrogen-bond acceptors (Lipinski definition) is 2. The van der Waals surface area contributed by atoms with E-state index in [0.29, 0.717) is 0 Å². The lowest BCUT2D eigenvalue weighted by Crippen LogP contribution is -1.96. The summed E-state index contributed by atoms with van der Waals surface area (Å²) >= 11 is 7.16. The quantitative estimate of drug-likeness (QED) is 0.590. The highest BCUT2D eigenvalue weighted by Gasteiger charge is 2.18. The number of hydrogen-bond donors (Lipinski definition) is 0. The molecule has 6 heteroatoms. The van der Waals surface area contributed by atoms with Gasteiger partial charge in [0.05, 0.1) is 5.56 Å². The molecule has 0 amide bonds. The van der Waals surface area contributed by atoms with E-state index in [0.717, 1.165) is 0 Å². The number of rotatable bonds is 1. The maximum Gasteiger partial charge on any atom is 0.267 e. The van der Waals surface area contributed by atoms with Gasteiger partial charge in [0, 0.05) is 3.57 Å². The summed E-state index contributed by atoms with van der Waals surface area (Å²) in [5.41, 5.74) is -0.278. The fraction of sp³-hybridized carbons (Fsp3) is 0.143.